The first-order chi connectivity index (χ1) is 10.2. The highest BCUT2D eigenvalue weighted by Crippen LogP contribution is 2.20. The van der Waals surface area contributed by atoms with Crippen LogP contribution in [0.1, 0.15) is 23.2 Å². The third kappa shape index (κ3) is 4.70. The molecule has 6 heteroatoms. The maximum atomic E-state index is 12.1. The van der Waals surface area contributed by atoms with Crippen molar-refractivity contribution < 1.29 is 24.5 Å². The van der Waals surface area contributed by atoms with E-state index in [0.29, 0.717) is 17.9 Å². The average Bonchev–Trinajstić information content (AvgIpc) is 3.04. The number of nitrogens with one attached hydrogen (secondary N) is 1. The van der Waals surface area contributed by atoms with E-state index in [2.05, 4.69) is 5.32 Å². The maximum absolute atomic E-state index is 12.1. The summed E-state index contributed by atoms with van der Waals surface area (Å²) >= 11 is 0. The Morgan fingerprint density at radius 2 is 2.29 bits per heavy atom. The van der Waals surface area contributed by atoms with Gasteiger partial charge in [0.05, 0.1) is 24.4 Å². The molecule has 0 radical (unpaired) electrons. The summed E-state index contributed by atoms with van der Waals surface area (Å²) < 4.78 is 11.2. The molecule has 1 aromatic rings. The zero-order chi connectivity index (χ0) is 15.1. The van der Waals surface area contributed by atoms with Crippen LogP contribution in [0.5, 0.6) is 5.75 Å². The lowest BCUT2D eigenvalue weighted by atomic mass is 10.2. The molecule has 0 saturated carbocycles. The van der Waals surface area contributed by atoms with E-state index < -0.39 is 12.7 Å². The lowest BCUT2D eigenvalue weighted by Gasteiger charge is -2.15. The topological polar surface area (TPSA) is 88.0 Å². The Morgan fingerprint density at radius 3 is 3.00 bits per heavy atom. The smallest absolute Gasteiger partial charge is 0.255 e. The van der Waals surface area contributed by atoms with Crippen molar-refractivity contribution in [3.8, 4) is 5.75 Å². The van der Waals surface area contributed by atoms with Crippen LogP contribution < -0.4 is 10.1 Å². The molecule has 1 saturated heterocycles. The fourth-order valence-electron chi connectivity index (χ4n) is 2.11. The molecule has 1 fully saturated rings. The molecule has 0 unspecified atom stereocenters. The largest absolute Gasteiger partial charge is 0.490 e. The Balaban J connectivity index is 1.93. The molecule has 1 amide bonds. The number of hydrogen-bond acceptors (Lipinski definition) is 5. The van der Waals surface area contributed by atoms with Gasteiger partial charge >= 0.3 is 0 Å². The minimum Gasteiger partial charge on any atom is -0.490 e. The van der Waals surface area contributed by atoms with Crippen molar-refractivity contribution >= 4 is 5.91 Å². The standard InChI is InChI=1S/C15H21NO5/c17-9-11(18)8-16-15(19)13-5-1-2-6-14(13)21-10-12-4-3-7-20-12/h1-2,5-6,11-12,17-18H,3-4,7-10H2,(H,16,19)/t11-,12-/m0/s1. The van der Waals surface area contributed by atoms with E-state index in [1.54, 1.807) is 24.3 Å². The quantitative estimate of drug-likeness (QED) is 0.674. The van der Waals surface area contributed by atoms with Crippen LogP contribution in [0.3, 0.4) is 0 Å². The van der Waals surface area contributed by atoms with Crippen LogP contribution in [0.2, 0.25) is 0 Å². The van der Waals surface area contributed by atoms with Gasteiger partial charge in [0.1, 0.15) is 12.4 Å². The molecule has 0 aromatic heterocycles. The van der Waals surface area contributed by atoms with Crippen LogP contribution in [0.4, 0.5) is 0 Å². The molecule has 1 aliphatic rings. The Kier molecular flexibility index (Phi) is 5.98. The molecule has 1 heterocycles. The highest BCUT2D eigenvalue weighted by atomic mass is 16.5. The van der Waals surface area contributed by atoms with E-state index >= 15 is 0 Å². The molecular formula is C15H21NO5. The van der Waals surface area contributed by atoms with E-state index in [-0.39, 0.29) is 18.6 Å². The van der Waals surface area contributed by atoms with Gasteiger partial charge in [0, 0.05) is 13.2 Å². The van der Waals surface area contributed by atoms with Gasteiger partial charge in [0.2, 0.25) is 0 Å². The first-order valence-corrected chi connectivity index (χ1v) is 7.11. The zero-order valence-corrected chi connectivity index (χ0v) is 11.8. The lowest BCUT2D eigenvalue weighted by Crippen LogP contribution is -2.34. The molecule has 21 heavy (non-hydrogen) atoms. The van der Waals surface area contributed by atoms with Crippen LogP contribution in [-0.2, 0) is 4.74 Å². The number of rotatable bonds is 7. The molecule has 2 atom stereocenters. The zero-order valence-electron chi connectivity index (χ0n) is 11.8. The van der Waals surface area contributed by atoms with Crippen LogP contribution in [0, 0.1) is 0 Å². The van der Waals surface area contributed by atoms with Crippen molar-refractivity contribution in [2.75, 3.05) is 26.4 Å². The molecule has 2 rings (SSSR count). The lowest BCUT2D eigenvalue weighted by molar-refractivity contribution is 0.0666. The number of amides is 1. The molecular weight excluding hydrogens is 274 g/mol. The third-order valence-corrected chi connectivity index (χ3v) is 3.29. The predicted molar refractivity (Wildman–Crippen MR) is 76.3 cm³/mol. The molecule has 0 spiro atoms. The summed E-state index contributed by atoms with van der Waals surface area (Å²) in [7, 11) is 0. The summed E-state index contributed by atoms with van der Waals surface area (Å²) in [6.45, 7) is 0.783. The molecule has 6 nitrogen and oxygen atoms in total. The fourth-order valence-corrected chi connectivity index (χ4v) is 2.11. The van der Waals surface area contributed by atoms with Crippen LogP contribution in [0.25, 0.3) is 0 Å². The number of carbonyl (C=O) groups excluding carboxylic acids is 1. The van der Waals surface area contributed by atoms with E-state index in [1.807, 2.05) is 0 Å². The maximum Gasteiger partial charge on any atom is 0.255 e. The van der Waals surface area contributed by atoms with Gasteiger partial charge in [-0.25, -0.2) is 0 Å². The fraction of sp³-hybridized carbons (Fsp3) is 0.533. The Labute approximate surface area is 123 Å². The van der Waals surface area contributed by atoms with Crippen LogP contribution in [-0.4, -0.2) is 54.7 Å². The Bertz CT molecular complexity index is 459. The second kappa shape index (κ2) is 7.97. The number of benzene rings is 1. The first kappa shape index (κ1) is 15.8. The second-order valence-corrected chi connectivity index (χ2v) is 4.99. The summed E-state index contributed by atoms with van der Waals surface area (Å²) in [5.41, 5.74) is 0.403. The van der Waals surface area contributed by atoms with Crippen molar-refractivity contribution in [1.82, 2.24) is 5.32 Å². The number of para-hydroxylation sites is 1. The number of hydrogen-bond donors (Lipinski definition) is 3. The van der Waals surface area contributed by atoms with Crippen LogP contribution in [0.15, 0.2) is 24.3 Å². The van der Waals surface area contributed by atoms with Crippen LogP contribution >= 0.6 is 0 Å². The number of ether oxygens (including phenoxy) is 2. The molecule has 1 aromatic carbocycles. The Morgan fingerprint density at radius 1 is 1.48 bits per heavy atom. The monoisotopic (exact) mass is 295 g/mol. The summed E-state index contributed by atoms with van der Waals surface area (Å²) in [6.07, 6.45) is 1.12. The average molecular weight is 295 g/mol. The normalized spacial score (nSPS) is 19.2. The minimum absolute atomic E-state index is 0.00456. The highest BCUT2D eigenvalue weighted by molar-refractivity contribution is 5.96. The summed E-state index contributed by atoms with van der Waals surface area (Å²) in [5, 5.41) is 20.6. The first-order valence-electron chi connectivity index (χ1n) is 7.11. The molecule has 3 N–H and O–H groups in total. The van der Waals surface area contributed by atoms with E-state index in [1.165, 1.54) is 0 Å². The molecule has 0 aliphatic carbocycles. The van der Waals surface area contributed by atoms with E-state index in [9.17, 15) is 9.90 Å². The molecule has 1 aliphatic heterocycles. The third-order valence-electron chi connectivity index (χ3n) is 3.29. The summed E-state index contributed by atoms with van der Waals surface area (Å²) in [4.78, 5) is 12.1. The van der Waals surface area contributed by atoms with E-state index in [0.717, 1.165) is 19.4 Å². The van der Waals surface area contributed by atoms with E-state index in [4.69, 9.17) is 14.6 Å². The van der Waals surface area contributed by atoms with Gasteiger partial charge in [0.25, 0.3) is 5.91 Å². The second-order valence-electron chi connectivity index (χ2n) is 4.99. The van der Waals surface area contributed by atoms with Crippen molar-refractivity contribution in [2.45, 2.75) is 25.0 Å². The minimum atomic E-state index is -0.964. The molecule has 116 valence electrons. The molecule has 0 bridgehead atoms. The van der Waals surface area contributed by atoms with Gasteiger partial charge < -0.3 is 25.0 Å². The van der Waals surface area contributed by atoms with Gasteiger partial charge in [-0.1, -0.05) is 12.1 Å². The predicted octanol–water partition coefficient (Wildman–Crippen LogP) is 0.327. The van der Waals surface area contributed by atoms with Crippen molar-refractivity contribution in [3.63, 3.8) is 0 Å². The van der Waals surface area contributed by atoms with Gasteiger partial charge in [0.15, 0.2) is 0 Å². The van der Waals surface area contributed by atoms with Crippen molar-refractivity contribution in [2.24, 2.45) is 0 Å². The van der Waals surface area contributed by atoms with Gasteiger partial charge in [-0.15, -0.1) is 0 Å². The number of carbonyl (C=O) groups is 1. The summed E-state index contributed by atoms with van der Waals surface area (Å²) in [5.74, 6) is 0.148. The van der Waals surface area contributed by atoms with Crippen molar-refractivity contribution in [1.29, 1.82) is 0 Å². The Hall–Kier alpha value is -1.63. The van der Waals surface area contributed by atoms with Crippen molar-refractivity contribution in [3.05, 3.63) is 29.8 Å². The van der Waals surface area contributed by atoms with Gasteiger partial charge in [-0.3, -0.25) is 4.79 Å². The highest BCUT2D eigenvalue weighted by Gasteiger charge is 2.18. The number of aliphatic hydroxyl groups is 2. The summed E-state index contributed by atoms with van der Waals surface area (Å²) in [6, 6.07) is 6.93. The number of aliphatic hydroxyl groups excluding tert-OH is 2. The van der Waals surface area contributed by atoms with Gasteiger partial charge in [-0.05, 0) is 25.0 Å². The SMILES string of the molecule is O=C(NC[C@H](O)CO)c1ccccc1OC[C@@H]1CCCO1. The van der Waals surface area contributed by atoms with Gasteiger partial charge in [-0.2, -0.15) is 0 Å².